The quantitative estimate of drug-likeness (QED) is 0.371. The molecule has 0 aromatic heterocycles. The Morgan fingerprint density at radius 1 is 0.810 bits per heavy atom. The van der Waals surface area contributed by atoms with Gasteiger partial charge in [0, 0.05) is 12.8 Å². The number of ketones is 1. The largest absolute Gasteiger partial charge is 0.481 e. The van der Waals surface area contributed by atoms with Crippen LogP contribution in [0.1, 0.15) is 64.2 Å². The van der Waals surface area contributed by atoms with Crippen LogP contribution in [0.2, 0.25) is 0 Å². The minimum Gasteiger partial charge on any atom is -0.481 e. The second kappa shape index (κ2) is 13.5. The van der Waals surface area contributed by atoms with Gasteiger partial charge in [-0.1, -0.05) is 32.1 Å². The number of aliphatic carboxylic acids is 1. The number of carboxylic acids is 1. The summed E-state index contributed by atoms with van der Waals surface area (Å²) < 4.78 is 5.03. The van der Waals surface area contributed by atoms with Crippen LogP contribution in [-0.2, 0) is 19.1 Å². The van der Waals surface area contributed by atoms with Gasteiger partial charge in [-0.25, -0.2) is 0 Å². The van der Waals surface area contributed by atoms with Crippen molar-refractivity contribution in [3.05, 3.63) is 0 Å². The molecule has 0 aliphatic carbocycles. The molecule has 0 saturated heterocycles. The molecule has 0 rings (SSSR count). The first-order valence-electron chi connectivity index (χ1n) is 7.74. The molecule has 21 heavy (non-hydrogen) atoms. The fourth-order valence-electron chi connectivity index (χ4n) is 1.89. The van der Waals surface area contributed by atoms with Crippen LogP contribution in [0, 0.1) is 0 Å². The van der Waals surface area contributed by atoms with E-state index in [4.69, 9.17) is 9.84 Å². The summed E-state index contributed by atoms with van der Waals surface area (Å²) in [6.07, 6.45) is 7.40. The van der Waals surface area contributed by atoms with Crippen molar-refractivity contribution in [3.63, 3.8) is 0 Å². The zero-order valence-electron chi connectivity index (χ0n) is 12.8. The first kappa shape index (κ1) is 19.6. The van der Waals surface area contributed by atoms with Gasteiger partial charge in [-0.15, -0.1) is 0 Å². The van der Waals surface area contributed by atoms with E-state index in [1.807, 2.05) is 0 Å². The average Bonchev–Trinajstić information content (AvgIpc) is 2.46. The summed E-state index contributed by atoms with van der Waals surface area (Å²) >= 11 is 0. The van der Waals surface area contributed by atoms with E-state index < -0.39 is 5.97 Å². The number of ether oxygens (including phenoxy) is 1. The Balaban J connectivity index is 3.23. The number of hydrogen-bond acceptors (Lipinski definition) is 4. The van der Waals surface area contributed by atoms with Crippen molar-refractivity contribution in [1.29, 1.82) is 0 Å². The van der Waals surface area contributed by atoms with Crippen LogP contribution in [0.4, 0.5) is 0 Å². The molecule has 4 N–H and O–H groups in total. The fourth-order valence-corrected chi connectivity index (χ4v) is 1.89. The lowest BCUT2D eigenvalue weighted by Crippen LogP contribution is -2.54. The number of carboxylic acid groups (broad SMARTS) is 1. The Hall–Kier alpha value is -1.43. The number of quaternary nitrogens is 1. The van der Waals surface area contributed by atoms with Crippen molar-refractivity contribution in [1.82, 2.24) is 0 Å². The summed E-state index contributed by atoms with van der Waals surface area (Å²) in [5.74, 6) is -1.06. The molecule has 0 heterocycles. The highest BCUT2D eigenvalue weighted by Crippen LogP contribution is 2.08. The van der Waals surface area contributed by atoms with Crippen LogP contribution in [0.5, 0.6) is 0 Å². The minimum atomic E-state index is -0.728. The number of carbonyl (C=O) groups excluding carboxylic acids is 2. The molecule has 0 amide bonds. The van der Waals surface area contributed by atoms with E-state index in [0.717, 1.165) is 44.9 Å². The van der Waals surface area contributed by atoms with E-state index in [2.05, 4.69) is 5.73 Å². The van der Waals surface area contributed by atoms with E-state index in [9.17, 15) is 14.4 Å². The van der Waals surface area contributed by atoms with Gasteiger partial charge in [0.05, 0.1) is 13.0 Å². The lowest BCUT2D eigenvalue weighted by molar-refractivity contribution is -0.354. The summed E-state index contributed by atoms with van der Waals surface area (Å²) in [4.78, 5) is 32.6. The molecule has 0 aliphatic heterocycles. The Bertz CT molecular complexity index is 317. The molecular formula is C15H28NO5+. The molecule has 0 bridgehead atoms. The normalized spacial score (nSPS) is 10.3. The number of carbonyl (C=O) groups is 3. The standard InChI is InChI=1S/C15H27NO5/c16-12-13(17)9-10-15(20)21-11-7-5-3-1-2-4-6-8-14(18)19/h1-12,16H2,(H,18,19)/p+1. The molecule has 6 heteroatoms. The van der Waals surface area contributed by atoms with E-state index in [-0.39, 0.29) is 37.6 Å². The third-order valence-electron chi connectivity index (χ3n) is 3.18. The molecule has 0 aromatic carbocycles. The van der Waals surface area contributed by atoms with Gasteiger partial charge >= 0.3 is 11.9 Å². The van der Waals surface area contributed by atoms with Crippen molar-refractivity contribution in [2.24, 2.45) is 0 Å². The highest BCUT2D eigenvalue weighted by atomic mass is 16.5. The molecule has 0 aliphatic rings. The minimum absolute atomic E-state index is 0.0187. The Labute approximate surface area is 126 Å². The highest BCUT2D eigenvalue weighted by molar-refractivity contribution is 5.83. The molecule has 0 unspecified atom stereocenters. The van der Waals surface area contributed by atoms with E-state index >= 15 is 0 Å². The highest BCUT2D eigenvalue weighted by Gasteiger charge is 2.07. The Kier molecular flexibility index (Phi) is 12.6. The molecule has 6 nitrogen and oxygen atoms in total. The second-order valence-electron chi connectivity index (χ2n) is 5.13. The fraction of sp³-hybridized carbons (Fsp3) is 0.800. The third kappa shape index (κ3) is 14.8. The maximum atomic E-state index is 11.3. The SMILES string of the molecule is [NH3+]CC(=O)CCC(=O)OCCCCCCCCCC(=O)O. The van der Waals surface area contributed by atoms with Crippen molar-refractivity contribution < 1.29 is 30.0 Å². The first-order chi connectivity index (χ1) is 10.1. The molecule has 0 radical (unpaired) electrons. The molecule has 0 fully saturated rings. The third-order valence-corrected chi connectivity index (χ3v) is 3.18. The monoisotopic (exact) mass is 302 g/mol. The lowest BCUT2D eigenvalue weighted by atomic mass is 10.1. The van der Waals surface area contributed by atoms with Gasteiger partial charge in [0.2, 0.25) is 0 Å². The maximum Gasteiger partial charge on any atom is 0.306 e. The number of hydrogen-bond donors (Lipinski definition) is 2. The van der Waals surface area contributed by atoms with Crippen LogP contribution in [0.25, 0.3) is 0 Å². The van der Waals surface area contributed by atoms with E-state index in [1.165, 1.54) is 0 Å². The van der Waals surface area contributed by atoms with Crippen molar-refractivity contribution in [2.45, 2.75) is 64.2 Å². The van der Waals surface area contributed by atoms with Gasteiger partial charge < -0.3 is 15.6 Å². The van der Waals surface area contributed by atoms with Crippen LogP contribution in [0.15, 0.2) is 0 Å². The summed E-state index contributed by atoms with van der Waals surface area (Å²) in [6, 6.07) is 0. The number of esters is 1. The maximum absolute atomic E-state index is 11.3. The smallest absolute Gasteiger partial charge is 0.306 e. The lowest BCUT2D eigenvalue weighted by Gasteiger charge is -2.04. The number of unbranched alkanes of at least 4 members (excludes halogenated alkanes) is 6. The van der Waals surface area contributed by atoms with Crippen molar-refractivity contribution >= 4 is 17.7 Å². The van der Waals surface area contributed by atoms with Crippen LogP contribution < -0.4 is 5.73 Å². The second-order valence-corrected chi connectivity index (χ2v) is 5.13. The van der Waals surface area contributed by atoms with Gasteiger partial charge in [0.1, 0.15) is 6.54 Å². The molecule has 0 aromatic rings. The van der Waals surface area contributed by atoms with Crippen LogP contribution in [0.3, 0.4) is 0 Å². The summed E-state index contributed by atoms with van der Waals surface area (Å²) in [6.45, 7) is 0.635. The van der Waals surface area contributed by atoms with Crippen molar-refractivity contribution in [3.8, 4) is 0 Å². The summed E-state index contributed by atoms with van der Waals surface area (Å²) in [5, 5.41) is 8.48. The zero-order chi connectivity index (χ0) is 15.9. The Morgan fingerprint density at radius 2 is 1.38 bits per heavy atom. The van der Waals surface area contributed by atoms with E-state index in [1.54, 1.807) is 0 Å². The predicted octanol–water partition coefficient (Wildman–Crippen LogP) is 1.33. The summed E-state index contributed by atoms with van der Waals surface area (Å²) in [5.41, 5.74) is 3.46. The zero-order valence-corrected chi connectivity index (χ0v) is 12.8. The van der Waals surface area contributed by atoms with Gasteiger partial charge in [-0.05, 0) is 12.8 Å². The van der Waals surface area contributed by atoms with Gasteiger partial charge in [0.25, 0.3) is 0 Å². The van der Waals surface area contributed by atoms with Gasteiger partial charge in [0.15, 0.2) is 5.78 Å². The molecule has 0 spiro atoms. The topological polar surface area (TPSA) is 108 Å². The molecule has 122 valence electrons. The molecule has 0 saturated carbocycles. The van der Waals surface area contributed by atoms with Gasteiger partial charge in [-0.3, -0.25) is 14.4 Å². The van der Waals surface area contributed by atoms with Crippen LogP contribution >= 0.6 is 0 Å². The Morgan fingerprint density at radius 3 is 1.95 bits per heavy atom. The van der Waals surface area contributed by atoms with Crippen LogP contribution in [-0.4, -0.2) is 36.0 Å². The molecular weight excluding hydrogens is 274 g/mol. The predicted molar refractivity (Wildman–Crippen MR) is 77.5 cm³/mol. The van der Waals surface area contributed by atoms with Crippen molar-refractivity contribution in [2.75, 3.05) is 13.2 Å². The van der Waals surface area contributed by atoms with Gasteiger partial charge in [-0.2, -0.15) is 0 Å². The summed E-state index contributed by atoms with van der Waals surface area (Å²) in [7, 11) is 0. The number of Topliss-reactive ketones (excluding diaryl/α,β-unsaturated/α-hetero) is 1. The first-order valence-corrected chi connectivity index (χ1v) is 7.74. The molecule has 0 atom stereocenters. The number of rotatable bonds is 14. The van der Waals surface area contributed by atoms with E-state index in [0.29, 0.717) is 6.61 Å². The average molecular weight is 302 g/mol.